The quantitative estimate of drug-likeness (QED) is 0.828. The SMILES string of the molecule is C=C1c2ccccc2C(=O)N1CC(=O)Nc1ccc(C(=O)NCCC)cc1. The van der Waals surface area contributed by atoms with Crippen LogP contribution in [0.25, 0.3) is 5.70 Å². The minimum atomic E-state index is -0.333. The molecule has 0 unspecified atom stereocenters. The van der Waals surface area contributed by atoms with E-state index in [0.717, 1.165) is 12.0 Å². The standard InChI is InChI=1S/C21H21N3O3/c1-3-12-22-20(26)15-8-10-16(11-9-15)23-19(25)13-24-14(2)17-6-4-5-7-18(17)21(24)27/h4-11H,2-3,12-13H2,1H3,(H,22,26)(H,23,25). The number of nitrogens with one attached hydrogen (secondary N) is 2. The van der Waals surface area contributed by atoms with Gasteiger partial charge in [-0.05, 0) is 36.8 Å². The molecule has 0 aromatic heterocycles. The van der Waals surface area contributed by atoms with Crippen molar-refractivity contribution in [3.05, 3.63) is 71.8 Å². The van der Waals surface area contributed by atoms with Gasteiger partial charge >= 0.3 is 0 Å². The summed E-state index contributed by atoms with van der Waals surface area (Å²) in [5.74, 6) is -0.708. The molecule has 0 radical (unpaired) electrons. The van der Waals surface area contributed by atoms with Gasteiger partial charge in [-0.3, -0.25) is 19.3 Å². The highest BCUT2D eigenvalue weighted by molar-refractivity contribution is 6.11. The van der Waals surface area contributed by atoms with Gasteiger partial charge in [-0.1, -0.05) is 31.7 Å². The Hall–Kier alpha value is -3.41. The van der Waals surface area contributed by atoms with E-state index in [9.17, 15) is 14.4 Å². The number of rotatable bonds is 6. The zero-order chi connectivity index (χ0) is 19.4. The number of hydrogen-bond acceptors (Lipinski definition) is 3. The molecule has 6 heteroatoms. The Morgan fingerprint density at radius 2 is 1.70 bits per heavy atom. The van der Waals surface area contributed by atoms with Crippen LogP contribution < -0.4 is 10.6 Å². The van der Waals surface area contributed by atoms with Gasteiger partial charge in [0.25, 0.3) is 11.8 Å². The zero-order valence-corrected chi connectivity index (χ0v) is 15.1. The van der Waals surface area contributed by atoms with Gasteiger partial charge in [0, 0.05) is 34.6 Å². The van der Waals surface area contributed by atoms with Crippen molar-refractivity contribution in [2.75, 3.05) is 18.4 Å². The number of hydrogen-bond donors (Lipinski definition) is 2. The zero-order valence-electron chi connectivity index (χ0n) is 15.1. The summed E-state index contributed by atoms with van der Waals surface area (Å²) in [6, 6.07) is 13.8. The molecule has 138 valence electrons. The van der Waals surface area contributed by atoms with E-state index in [-0.39, 0.29) is 24.3 Å². The highest BCUT2D eigenvalue weighted by Gasteiger charge is 2.31. The third kappa shape index (κ3) is 3.89. The maximum Gasteiger partial charge on any atom is 0.259 e. The van der Waals surface area contributed by atoms with Crippen molar-refractivity contribution in [2.45, 2.75) is 13.3 Å². The lowest BCUT2D eigenvalue weighted by atomic mass is 10.1. The number of fused-ring (bicyclic) bond motifs is 1. The molecule has 0 saturated carbocycles. The van der Waals surface area contributed by atoms with Gasteiger partial charge in [0.1, 0.15) is 6.54 Å². The first-order valence-corrected chi connectivity index (χ1v) is 8.79. The molecule has 3 rings (SSSR count). The Kier molecular flexibility index (Phi) is 5.35. The van der Waals surface area contributed by atoms with E-state index < -0.39 is 0 Å². The number of carbonyl (C=O) groups is 3. The van der Waals surface area contributed by atoms with Crippen LogP contribution in [0.5, 0.6) is 0 Å². The minimum absolute atomic E-state index is 0.120. The molecule has 0 bridgehead atoms. The van der Waals surface area contributed by atoms with Gasteiger partial charge < -0.3 is 10.6 Å². The summed E-state index contributed by atoms with van der Waals surface area (Å²) >= 11 is 0. The summed E-state index contributed by atoms with van der Waals surface area (Å²) in [7, 11) is 0. The molecule has 0 atom stereocenters. The fraction of sp³-hybridized carbons (Fsp3) is 0.190. The van der Waals surface area contributed by atoms with E-state index in [0.29, 0.717) is 29.1 Å². The van der Waals surface area contributed by atoms with Gasteiger partial charge in [0.2, 0.25) is 5.91 Å². The summed E-state index contributed by atoms with van der Waals surface area (Å²) in [5.41, 5.74) is 2.91. The summed E-state index contributed by atoms with van der Waals surface area (Å²) in [5, 5.41) is 5.54. The van der Waals surface area contributed by atoms with Gasteiger partial charge in [-0.2, -0.15) is 0 Å². The highest BCUT2D eigenvalue weighted by Crippen LogP contribution is 2.30. The fourth-order valence-corrected chi connectivity index (χ4v) is 2.89. The molecular formula is C21H21N3O3. The summed E-state index contributed by atoms with van der Waals surface area (Å²) in [6.45, 7) is 6.41. The van der Waals surface area contributed by atoms with Gasteiger partial charge in [-0.15, -0.1) is 0 Å². The lowest BCUT2D eigenvalue weighted by molar-refractivity contribution is -0.116. The Labute approximate surface area is 157 Å². The van der Waals surface area contributed by atoms with E-state index in [1.54, 1.807) is 36.4 Å². The van der Waals surface area contributed by atoms with Crippen LogP contribution in [0.4, 0.5) is 5.69 Å². The predicted molar refractivity (Wildman–Crippen MR) is 104 cm³/mol. The smallest absolute Gasteiger partial charge is 0.259 e. The Balaban J connectivity index is 1.61. The number of benzene rings is 2. The van der Waals surface area contributed by atoms with Gasteiger partial charge in [0.05, 0.1) is 0 Å². The van der Waals surface area contributed by atoms with Crippen molar-refractivity contribution in [3.8, 4) is 0 Å². The molecule has 1 aliphatic heterocycles. The topological polar surface area (TPSA) is 78.5 Å². The minimum Gasteiger partial charge on any atom is -0.352 e. The number of anilines is 1. The van der Waals surface area contributed by atoms with E-state index in [2.05, 4.69) is 17.2 Å². The molecule has 6 nitrogen and oxygen atoms in total. The molecule has 1 heterocycles. The second-order valence-corrected chi connectivity index (χ2v) is 6.27. The summed E-state index contributed by atoms with van der Waals surface area (Å²) in [6.07, 6.45) is 0.865. The van der Waals surface area contributed by atoms with Crippen molar-refractivity contribution in [3.63, 3.8) is 0 Å². The van der Waals surface area contributed by atoms with E-state index in [1.807, 2.05) is 19.1 Å². The largest absolute Gasteiger partial charge is 0.352 e. The first-order valence-electron chi connectivity index (χ1n) is 8.79. The van der Waals surface area contributed by atoms with Crippen molar-refractivity contribution in [1.29, 1.82) is 0 Å². The monoisotopic (exact) mass is 363 g/mol. The Morgan fingerprint density at radius 1 is 1.04 bits per heavy atom. The fourth-order valence-electron chi connectivity index (χ4n) is 2.89. The number of nitrogens with zero attached hydrogens (tertiary/aromatic N) is 1. The molecular weight excluding hydrogens is 342 g/mol. The Morgan fingerprint density at radius 3 is 2.33 bits per heavy atom. The number of amides is 3. The van der Waals surface area contributed by atoms with Gasteiger partial charge in [-0.25, -0.2) is 0 Å². The molecule has 0 spiro atoms. The lowest BCUT2D eigenvalue weighted by Crippen LogP contribution is -2.32. The van der Waals surface area contributed by atoms with Crippen LogP contribution in [-0.4, -0.2) is 35.7 Å². The maximum atomic E-state index is 12.4. The third-order valence-corrected chi connectivity index (χ3v) is 4.31. The number of carbonyl (C=O) groups excluding carboxylic acids is 3. The average molecular weight is 363 g/mol. The van der Waals surface area contributed by atoms with E-state index >= 15 is 0 Å². The molecule has 3 amide bonds. The van der Waals surface area contributed by atoms with Crippen molar-refractivity contribution < 1.29 is 14.4 Å². The molecule has 0 saturated heterocycles. The van der Waals surface area contributed by atoms with Crippen LogP contribution in [0.15, 0.2) is 55.1 Å². The molecule has 1 aliphatic rings. The van der Waals surface area contributed by atoms with Crippen LogP contribution in [0.2, 0.25) is 0 Å². The van der Waals surface area contributed by atoms with E-state index in [4.69, 9.17) is 0 Å². The third-order valence-electron chi connectivity index (χ3n) is 4.31. The highest BCUT2D eigenvalue weighted by atomic mass is 16.2. The first-order chi connectivity index (χ1) is 13.0. The second-order valence-electron chi connectivity index (χ2n) is 6.27. The van der Waals surface area contributed by atoms with Crippen LogP contribution in [0.1, 0.15) is 39.6 Å². The van der Waals surface area contributed by atoms with Crippen molar-refractivity contribution >= 4 is 29.1 Å². The molecule has 0 fully saturated rings. The lowest BCUT2D eigenvalue weighted by Gasteiger charge is -2.17. The maximum absolute atomic E-state index is 12.4. The second kappa shape index (κ2) is 7.86. The van der Waals surface area contributed by atoms with Gasteiger partial charge in [0.15, 0.2) is 0 Å². The molecule has 0 aliphatic carbocycles. The summed E-state index contributed by atoms with van der Waals surface area (Å²) in [4.78, 5) is 38.0. The molecule has 2 N–H and O–H groups in total. The Bertz CT molecular complexity index is 868. The van der Waals surface area contributed by atoms with Crippen LogP contribution in [0.3, 0.4) is 0 Å². The van der Waals surface area contributed by atoms with Crippen LogP contribution in [-0.2, 0) is 4.79 Å². The molecule has 27 heavy (non-hydrogen) atoms. The van der Waals surface area contributed by atoms with Crippen LogP contribution in [0, 0.1) is 0 Å². The van der Waals surface area contributed by atoms with Crippen LogP contribution >= 0.6 is 0 Å². The van der Waals surface area contributed by atoms with E-state index in [1.165, 1.54) is 4.90 Å². The van der Waals surface area contributed by atoms with Crippen molar-refractivity contribution in [1.82, 2.24) is 10.2 Å². The average Bonchev–Trinajstić information content (AvgIpc) is 2.92. The first kappa shape index (κ1) is 18.4. The summed E-state index contributed by atoms with van der Waals surface area (Å²) < 4.78 is 0. The van der Waals surface area contributed by atoms with Crippen molar-refractivity contribution in [2.24, 2.45) is 0 Å². The molecule has 2 aromatic carbocycles. The predicted octanol–water partition coefficient (Wildman–Crippen LogP) is 2.89. The normalized spacial score (nSPS) is 12.7. The molecule has 2 aromatic rings.